The van der Waals surface area contributed by atoms with Gasteiger partial charge in [0.2, 0.25) is 0 Å². The molecule has 0 bridgehead atoms. The van der Waals surface area contributed by atoms with Gasteiger partial charge in [-0.3, -0.25) is 14.2 Å². The van der Waals surface area contributed by atoms with Gasteiger partial charge in [-0.2, -0.15) is 0 Å². The van der Waals surface area contributed by atoms with E-state index in [4.69, 9.17) is 4.74 Å². The summed E-state index contributed by atoms with van der Waals surface area (Å²) in [7, 11) is 0. The van der Waals surface area contributed by atoms with Crippen LogP contribution in [0.2, 0.25) is 0 Å². The highest BCUT2D eigenvalue weighted by Gasteiger charge is 2.34. The molecule has 1 aliphatic rings. The molecular formula is C19H22FN3O3S. The van der Waals surface area contributed by atoms with E-state index in [1.54, 1.807) is 19.1 Å². The van der Waals surface area contributed by atoms with Crippen molar-refractivity contribution in [2.75, 3.05) is 18.2 Å². The molecule has 27 heavy (non-hydrogen) atoms. The zero-order valence-corrected chi connectivity index (χ0v) is 16.4. The highest BCUT2D eigenvalue weighted by atomic mass is 32.2. The number of aryl methyl sites for hydroxylation is 1. The lowest BCUT2D eigenvalue weighted by molar-refractivity contribution is -0.144. The van der Waals surface area contributed by atoms with Crippen LogP contribution in [0.25, 0.3) is 0 Å². The first-order valence-electron chi connectivity index (χ1n) is 8.75. The Labute approximate surface area is 161 Å². The number of hydrogen-bond acceptors (Lipinski definition) is 6. The van der Waals surface area contributed by atoms with Crippen molar-refractivity contribution in [3.8, 4) is 0 Å². The Kier molecular flexibility index (Phi) is 5.55. The van der Waals surface area contributed by atoms with Crippen LogP contribution in [0.15, 0.2) is 34.2 Å². The second-order valence-electron chi connectivity index (χ2n) is 6.58. The van der Waals surface area contributed by atoms with Gasteiger partial charge in [0, 0.05) is 0 Å². The summed E-state index contributed by atoms with van der Waals surface area (Å²) >= 11 is 1.31. The first-order chi connectivity index (χ1) is 12.9. The van der Waals surface area contributed by atoms with Crippen molar-refractivity contribution in [2.24, 2.45) is 0 Å². The molecule has 1 N–H and O–H groups in total. The highest BCUT2D eigenvalue weighted by molar-refractivity contribution is 7.98. The Morgan fingerprint density at radius 2 is 2.11 bits per heavy atom. The Morgan fingerprint density at radius 1 is 1.41 bits per heavy atom. The van der Waals surface area contributed by atoms with Crippen LogP contribution in [0, 0.1) is 5.82 Å². The van der Waals surface area contributed by atoms with Gasteiger partial charge in [-0.15, -0.1) is 0 Å². The molecule has 0 spiro atoms. The van der Waals surface area contributed by atoms with E-state index in [9.17, 15) is 14.0 Å². The molecule has 6 nitrogen and oxygen atoms in total. The van der Waals surface area contributed by atoms with E-state index in [0.717, 1.165) is 5.56 Å². The van der Waals surface area contributed by atoms with Crippen molar-refractivity contribution in [1.82, 2.24) is 9.55 Å². The summed E-state index contributed by atoms with van der Waals surface area (Å²) in [5, 5.41) is 3.78. The third kappa shape index (κ3) is 3.85. The molecule has 144 valence electrons. The van der Waals surface area contributed by atoms with E-state index in [1.807, 2.05) is 13.2 Å². The quantitative estimate of drug-likeness (QED) is 0.480. The van der Waals surface area contributed by atoms with Crippen molar-refractivity contribution in [1.29, 1.82) is 0 Å². The Hall–Kier alpha value is -2.35. The van der Waals surface area contributed by atoms with Gasteiger partial charge < -0.3 is 10.1 Å². The number of hydrogen-bond donors (Lipinski definition) is 1. The lowest BCUT2D eigenvalue weighted by Crippen LogP contribution is -2.41. The molecule has 0 fully saturated rings. The second kappa shape index (κ2) is 7.72. The van der Waals surface area contributed by atoms with Crippen LogP contribution < -0.4 is 10.9 Å². The van der Waals surface area contributed by atoms with Crippen LogP contribution in [-0.4, -0.2) is 28.4 Å². The maximum atomic E-state index is 13.3. The molecule has 0 saturated heterocycles. The molecule has 8 heteroatoms. The molecule has 1 aromatic heterocycles. The normalized spacial score (nSPS) is 18.5. The number of nitrogens with one attached hydrogen (secondary N) is 1. The van der Waals surface area contributed by atoms with Crippen LogP contribution in [-0.2, 0) is 28.0 Å². The molecule has 1 aliphatic heterocycles. The molecule has 0 unspecified atom stereocenters. The number of anilines is 1. The smallest absolute Gasteiger partial charge is 0.326 e. The SMILES string of the molecule is CCOC(=O)Cn1c(SC)nc2c(c1=O)N[C@@](C)(c1ccc(F)cc1)CC2. The average Bonchev–Trinajstić information content (AvgIpc) is 2.65. The fraction of sp³-hybridized carbons (Fsp3) is 0.421. The third-order valence-electron chi connectivity index (χ3n) is 4.73. The number of nitrogens with zero attached hydrogens (tertiary/aromatic N) is 2. The standard InChI is InChI=1S/C19H22FN3O3S/c1-4-26-15(24)11-23-17(25)16-14(21-18(23)27-3)9-10-19(2,22-16)12-5-7-13(20)8-6-12/h5-8,22H,4,9-11H2,1-3H3/t19-/m1/s1. The Morgan fingerprint density at radius 3 is 2.74 bits per heavy atom. The molecule has 2 heterocycles. The van der Waals surface area contributed by atoms with E-state index < -0.39 is 11.5 Å². The molecule has 3 rings (SSSR count). The number of carbonyl (C=O) groups is 1. The number of esters is 1. The zero-order valence-electron chi connectivity index (χ0n) is 15.5. The number of rotatable bonds is 5. The van der Waals surface area contributed by atoms with Crippen LogP contribution in [0.5, 0.6) is 0 Å². The minimum absolute atomic E-state index is 0.182. The Balaban J connectivity index is 2.01. The molecule has 1 atom stereocenters. The molecule has 0 aliphatic carbocycles. The number of aromatic nitrogens is 2. The van der Waals surface area contributed by atoms with Gasteiger partial charge in [0.25, 0.3) is 5.56 Å². The highest BCUT2D eigenvalue weighted by Crippen LogP contribution is 2.35. The van der Waals surface area contributed by atoms with Gasteiger partial charge in [-0.05, 0) is 50.6 Å². The zero-order chi connectivity index (χ0) is 19.6. The maximum absolute atomic E-state index is 13.3. The largest absolute Gasteiger partial charge is 0.465 e. The molecule has 1 aromatic carbocycles. The summed E-state index contributed by atoms with van der Waals surface area (Å²) in [6.45, 7) is 3.76. The summed E-state index contributed by atoms with van der Waals surface area (Å²) in [6, 6.07) is 6.25. The Bertz CT molecular complexity index is 914. The third-order valence-corrected chi connectivity index (χ3v) is 5.41. The molecule has 0 saturated carbocycles. The van der Waals surface area contributed by atoms with Crippen molar-refractivity contribution >= 4 is 23.4 Å². The summed E-state index contributed by atoms with van der Waals surface area (Å²) < 4.78 is 19.6. The maximum Gasteiger partial charge on any atom is 0.326 e. The fourth-order valence-electron chi connectivity index (χ4n) is 3.26. The topological polar surface area (TPSA) is 73.2 Å². The molecule has 0 amide bonds. The minimum atomic E-state index is -0.524. The van der Waals surface area contributed by atoms with Crippen LogP contribution in [0.1, 0.15) is 31.5 Å². The van der Waals surface area contributed by atoms with Crippen LogP contribution >= 0.6 is 11.8 Å². The van der Waals surface area contributed by atoms with Gasteiger partial charge in [0.15, 0.2) is 5.16 Å². The monoisotopic (exact) mass is 391 g/mol. The van der Waals surface area contributed by atoms with Gasteiger partial charge in [0.05, 0.1) is 17.8 Å². The van der Waals surface area contributed by atoms with E-state index in [-0.39, 0.29) is 24.5 Å². The van der Waals surface area contributed by atoms with E-state index in [2.05, 4.69) is 10.3 Å². The van der Waals surface area contributed by atoms with E-state index >= 15 is 0 Å². The molecule has 0 radical (unpaired) electrons. The summed E-state index contributed by atoms with van der Waals surface area (Å²) in [6.07, 6.45) is 3.14. The number of benzene rings is 1. The van der Waals surface area contributed by atoms with Crippen molar-refractivity contribution < 1.29 is 13.9 Å². The number of ether oxygens (including phenoxy) is 1. The number of halogens is 1. The fourth-order valence-corrected chi connectivity index (χ4v) is 3.82. The van der Waals surface area contributed by atoms with Crippen molar-refractivity contribution in [2.45, 2.75) is 43.9 Å². The second-order valence-corrected chi connectivity index (χ2v) is 7.35. The minimum Gasteiger partial charge on any atom is -0.465 e. The molecule has 2 aromatic rings. The first-order valence-corrected chi connectivity index (χ1v) is 9.98. The van der Waals surface area contributed by atoms with Gasteiger partial charge in [-0.25, -0.2) is 9.37 Å². The predicted octanol–water partition coefficient (Wildman–Crippen LogP) is 2.94. The summed E-state index contributed by atoms with van der Waals surface area (Å²) in [5.74, 6) is -0.782. The average molecular weight is 391 g/mol. The number of carbonyl (C=O) groups excluding carboxylic acids is 1. The van der Waals surface area contributed by atoms with Gasteiger partial charge in [0.1, 0.15) is 18.0 Å². The van der Waals surface area contributed by atoms with Crippen molar-refractivity contribution in [3.63, 3.8) is 0 Å². The van der Waals surface area contributed by atoms with Crippen molar-refractivity contribution in [3.05, 3.63) is 51.7 Å². The van der Waals surface area contributed by atoms with Gasteiger partial charge >= 0.3 is 5.97 Å². The number of thioether (sulfide) groups is 1. The van der Waals surface area contributed by atoms with Gasteiger partial charge in [-0.1, -0.05) is 23.9 Å². The summed E-state index contributed by atoms with van der Waals surface area (Å²) in [4.78, 5) is 29.6. The van der Waals surface area contributed by atoms with E-state index in [0.29, 0.717) is 29.4 Å². The predicted molar refractivity (Wildman–Crippen MR) is 103 cm³/mol. The first kappa shape index (κ1) is 19.4. The lowest BCUT2D eigenvalue weighted by atomic mass is 9.83. The number of fused-ring (bicyclic) bond motifs is 1. The van der Waals surface area contributed by atoms with Crippen LogP contribution in [0.4, 0.5) is 10.1 Å². The molecular weight excluding hydrogens is 369 g/mol. The van der Waals surface area contributed by atoms with E-state index in [1.165, 1.54) is 28.5 Å². The van der Waals surface area contributed by atoms with Crippen LogP contribution in [0.3, 0.4) is 0 Å². The summed E-state index contributed by atoms with van der Waals surface area (Å²) in [5.41, 5.74) is 1.13. The lowest BCUT2D eigenvalue weighted by Gasteiger charge is -2.37.